The van der Waals surface area contributed by atoms with Gasteiger partial charge in [-0.3, -0.25) is 4.79 Å². The maximum Gasteiger partial charge on any atom is 0.328 e. The van der Waals surface area contributed by atoms with Gasteiger partial charge in [0.25, 0.3) is 0 Å². The molecule has 1 aromatic carbocycles. The number of imidazole rings is 1. The van der Waals surface area contributed by atoms with Gasteiger partial charge in [-0.05, 0) is 18.6 Å². The Bertz CT molecular complexity index is 663. The van der Waals surface area contributed by atoms with E-state index in [1.54, 1.807) is 0 Å². The summed E-state index contributed by atoms with van der Waals surface area (Å²) < 4.78 is 1.88. The molecule has 0 fully saturated rings. The van der Waals surface area contributed by atoms with Gasteiger partial charge in [0.1, 0.15) is 11.9 Å². The third-order valence-corrected chi connectivity index (χ3v) is 3.25. The molecule has 0 saturated carbocycles. The fourth-order valence-corrected chi connectivity index (χ4v) is 2.36. The number of para-hydroxylation sites is 2. The molecule has 1 unspecified atom stereocenters. The summed E-state index contributed by atoms with van der Waals surface area (Å²) >= 11 is 0. The number of hydrogen-bond donors (Lipinski definition) is 2. The van der Waals surface area contributed by atoms with Gasteiger partial charge in [-0.15, -0.1) is 0 Å². The fourth-order valence-electron chi connectivity index (χ4n) is 2.36. The predicted octanol–water partition coefficient (Wildman–Crippen LogP) is 1.58. The van der Waals surface area contributed by atoms with E-state index in [9.17, 15) is 14.7 Å². The van der Waals surface area contributed by atoms with E-state index in [1.807, 2.05) is 35.8 Å². The molecule has 1 atom stereocenters. The van der Waals surface area contributed by atoms with Crippen molar-refractivity contribution in [1.29, 1.82) is 0 Å². The summed E-state index contributed by atoms with van der Waals surface area (Å²) in [6.45, 7) is 3.53. The summed E-state index contributed by atoms with van der Waals surface area (Å²) in [6, 6.07) is 6.64. The van der Waals surface area contributed by atoms with Crippen LogP contribution in [0.4, 0.5) is 0 Å². The van der Waals surface area contributed by atoms with Crippen molar-refractivity contribution in [2.45, 2.75) is 39.3 Å². The van der Waals surface area contributed by atoms with Crippen LogP contribution in [0.1, 0.15) is 26.1 Å². The lowest BCUT2D eigenvalue weighted by Gasteiger charge is -2.16. The number of aliphatic carboxylic acids is 1. The van der Waals surface area contributed by atoms with Gasteiger partial charge in [0.2, 0.25) is 5.91 Å². The van der Waals surface area contributed by atoms with Crippen molar-refractivity contribution in [3.05, 3.63) is 30.1 Å². The SMILES string of the molecule is CCCc1nc2ccccc2n1CC(NC(C)=O)C(=O)O. The maximum atomic E-state index is 11.3. The zero-order valence-electron chi connectivity index (χ0n) is 12.2. The van der Waals surface area contributed by atoms with Gasteiger partial charge in [-0.25, -0.2) is 9.78 Å². The third-order valence-electron chi connectivity index (χ3n) is 3.25. The highest BCUT2D eigenvalue weighted by Gasteiger charge is 2.21. The van der Waals surface area contributed by atoms with E-state index in [-0.39, 0.29) is 12.5 Å². The molecule has 2 N–H and O–H groups in total. The third kappa shape index (κ3) is 3.39. The predicted molar refractivity (Wildman–Crippen MR) is 79.0 cm³/mol. The number of nitrogens with one attached hydrogen (secondary N) is 1. The van der Waals surface area contributed by atoms with Crippen LogP contribution in [0, 0.1) is 0 Å². The molecule has 0 saturated heterocycles. The molecule has 0 bridgehead atoms. The molecule has 0 spiro atoms. The molecule has 112 valence electrons. The van der Waals surface area contributed by atoms with E-state index >= 15 is 0 Å². The lowest BCUT2D eigenvalue weighted by Crippen LogP contribution is -2.42. The van der Waals surface area contributed by atoms with E-state index in [2.05, 4.69) is 10.3 Å². The number of nitrogens with zero attached hydrogens (tertiary/aromatic N) is 2. The molecule has 0 radical (unpaired) electrons. The summed E-state index contributed by atoms with van der Waals surface area (Å²) in [5, 5.41) is 11.7. The first kappa shape index (κ1) is 15.0. The number of benzene rings is 1. The summed E-state index contributed by atoms with van der Waals surface area (Å²) in [7, 11) is 0. The number of aromatic nitrogens is 2. The highest BCUT2D eigenvalue weighted by atomic mass is 16.4. The highest BCUT2D eigenvalue weighted by Crippen LogP contribution is 2.17. The number of hydrogen-bond acceptors (Lipinski definition) is 3. The van der Waals surface area contributed by atoms with Crippen LogP contribution in [0.2, 0.25) is 0 Å². The van der Waals surface area contributed by atoms with E-state index in [4.69, 9.17) is 0 Å². The van der Waals surface area contributed by atoms with Crippen LogP contribution < -0.4 is 5.32 Å². The summed E-state index contributed by atoms with van der Waals surface area (Å²) in [4.78, 5) is 27.0. The van der Waals surface area contributed by atoms with Gasteiger partial charge in [0.15, 0.2) is 0 Å². The summed E-state index contributed by atoms with van der Waals surface area (Å²) in [5.41, 5.74) is 1.73. The average molecular weight is 289 g/mol. The lowest BCUT2D eigenvalue weighted by atomic mass is 10.2. The number of fused-ring (bicyclic) bond motifs is 1. The molecular weight excluding hydrogens is 270 g/mol. The normalized spacial score (nSPS) is 12.3. The van der Waals surface area contributed by atoms with Crippen LogP contribution in [0.15, 0.2) is 24.3 Å². The minimum atomic E-state index is -1.05. The first-order valence-electron chi connectivity index (χ1n) is 6.97. The number of carbonyl (C=O) groups is 2. The zero-order valence-corrected chi connectivity index (χ0v) is 12.2. The number of amides is 1. The number of carboxylic acids is 1. The Balaban J connectivity index is 2.40. The zero-order chi connectivity index (χ0) is 15.4. The molecule has 0 aliphatic carbocycles. The Morgan fingerprint density at radius 3 is 2.71 bits per heavy atom. The Morgan fingerprint density at radius 1 is 1.38 bits per heavy atom. The molecular formula is C15H19N3O3. The summed E-state index contributed by atoms with van der Waals surface area (Å²) in [6.07, 6.45) is 1.68. The van der Waals surface area contributed by atoms with Crippen LogP contribution in [0.5, 0.6) is 0 Å². The second kappa shape index (κ2) is 6.39. The molecule has 2 aromatic rings. The van der Waals surface area contributed by atoms with E-state index < -0.39 is 12.0 Å². The van der Waals surface area contributed by atoms with Gasteiger partial charge in [0.05, 0.1) is 17.6 Å². The van der Waals surface area contributed by atoms with Gasteiger partial charge >= 0.3 is 5.97 Å². The first-order valence-corrected chi connectivity index (χ1v) is 6.97. The Hall–Kier alpha value is -2.37. The van der Waals surface area contributed by atoms with Crippen LogP contribution in [-0.2, 0) is 22.6 Å². The number of aryl methyl sites for hydroxylation is 1. The van der Waals surface area contributed by atoms with Crippen LogP contribution in [-0.4, -0.2) is 32.6 Å². The van der Waals surface area contributed by atoms with Crippen molar-refractivity contribution < 1.29 is 14.7 Å². The smallest absolute Gasteiger partial charge is 0.328 e. The molecule has 0 aliphatic heterocycles. The number of rotatable bonds is 6. The van der Waals surface area contributed by atoms with Crippen molar-refractivity contribution >= 4 is 22.9 Å². The second-order valence-corrected chi connectivity index (χ2v) is 4.97. The van der Waals surface area contributed by atoms with Gasteiger partial charge in [-0.2, -0.15) is 0 Å². The monoisotopic (exact) mass is 289 g/mol. The van der Waals surface area contributed by atoms with E-state index in [1.165, 1.54) is 6.92 Å². The second-order valence-electron chi connectivity index (χ2n) is 4.97. The minimum Gasteiger partial charge on any atom is -0.480 e. The topological polar surface area (TPSA) is 84.2 Å². The fraction of sp³-hybridized carbons (Fsp3) is 0.400. The van der Waals surface area contributed by atoms with Gasteiger partial charge in [-0.1, -0.05) is 19.1 Å². The van der Waals surface area contributed by atoms with Crippen molar-refractivity contribution in [2.75, 3.05) is 0 Å². The molecule has 21 heavy (non-hydrogen) atoms. The maximum absolute atomic E-state index is 11.3. The van der Waals surface area contributed by atoms with Crippen LogP contribution in [0.3, 0.4) is 0 Å². The molecule has 6 heteroatoms. The van der Waals surface area contributed by atoms with Crippen molar-refractivity contribution in [2.24, 2.45) is 0 Å². The van der Waals surface area contributed by atoms with Gasteiger partial charge < -0.3 is 15.0 Å². The van der Waals surface area contributed by atoms with Crippen molar-refractivity contribution in [1.82, 2.24) is 14.9 Å². The quantitative estimate of drug-likeness (QED) is 0.845. The standard InChI is InChI=1S/C15H19N3O3/c1-3-6-14-17-11-7-4-5-8-13(11)18(14)9-12(15(20)21)16-10(2)19/h4-5,7-8,12H,3,6,9H2,1-2H3,(H,16,19)(H,20,21). The molecule has 2 rings (SSSR count). The van der Waals surface area contributed by atoms with E-state index in [0.717, 1.165) is 29.7 Å². The van der Waals surface area contributed by atoms with Gasteiger partial charge in [0, 0.05) is 13.3 Å². The highest BCUT2D eigenvalue weighted by molar-refractivity contribution is 5.82. The lowest BCUT2D eigenvalue weighted by molar-refractivity contribution is -0.141. The Morgan fingerprint density at radius 2 is 2.10 bits per heavy atom. The molecule has 1 aromatic heterocycles. The minimum absolute atomic E-state index is 0.171. The Kier molecular flexibility index (Phi) is 4.57. The molecule has 1 heterocycles. The first-order chi connectivity index (χ1) is 10.0. The molecule has 1 amide bonds. The number of carbonyl (C=O) groups excluding carboxylic acids is 1. The number of carboxylic acid groups (broad SMARTS) is 1. The van der Waals surface area contributed by atoms with Crippen molar-refractivity contribution in [3.8, 4) is 0 Å². The van der Waals surface area contributed by atoms with Crippen molar-refractivity contribution in [3.63, 3.8) is 0 Å². The Labute approximate surface area is 122 Å². The average Bonchev–Trinajstić information content (AvgIpc) is 2.76. The molecule has 0 aliphatic rings. The van der Waals surface area contributed by atoms with E-state index in [0.29, 0.717) is 0 Å². The van der Waals surface area contributed by atoms with Crippen LogP contribution >= 0.6 is 0 Å². The van der Waals surface area contributed by atoms with Crippen LogP contribution in [0.25, 0.3) is 11.0 Å². The molecule has 6 nitrogen and oxygen atoms in total. The largest absolute Gasteiger partial charge is 0.480 e. The summed E-state index contributed by atoms with van der Waals surface area (Å²) in [5.74, 6) is -0.565.